The maximum Gasteiger partial charge on any atom is 0.153 e. The second-order valence-electron chi connectivity index (χ2n) is 3.64. The summed E-state index contributed by atoms with van der Waals surface area (Å²) >= 11 is 9.47. The molecule has 5 heteroatoms. The first kappa shape index (κ1) is 12.2. The van der Waals surface area contributed by atoms with Crippen LogP contribution in [-0.2, 0) is 0 Å². The zero-order chi connectivity index (χ0) is 12.4. The van der Waals surface area contributed by atoms with Crippen LogP contribution in [0.3, 0.4) is 0 Å². The largest absolute Gasteiger partial charge is 0.396 e. The number of halogens is 2. The van der Waals surface area contributed by atoms with Crippen LogP contribution in [0.5, 0.6) is 0 Å². The molecule has 0 unspecified atom stereocenters. The van der Waals surface area contributed by atoms with Gasteiger partial charge >= 0.3 is 0 Å². The number of anilines is 3. The Hall–Kier alpha value is -1.26. The zero-order valence-corrected chi connectivity index (χ0v) is 11.5. The second kappa shape index (κ2) is 4.94. The summed E-state index contributed by atoms with van der Waals surface area (Å²) in [5.41, 5.74) is 8.11. The van der Waals surface area contributed by atoms with E-state index in [1.54, 1.807) is 0 Å². The van der Waals surface area contributed by atoms with E-state index in [0.717, 1.165) is 15.9 Å². The number of rotatable bonds is 2. The van der Waals surface area contributed by atoms with Crippen LogP contribution in [0.1, 0.15) is 5.69 Å². The molecule has 0 bridgehead atoms. The molecule has 1 aromatic carbocycles. The van der Waals surface area contributed by atoms with Crippen LogP contribution in [0, 0.1) is 6.92 Å². The van der Waals surface area contributed by atoms with Gasteiger partial charge in [0.05, 0.1) is 16.4 Å². The number of pyridine rings is 1. The second-order valence-corrected chi connectivity index (χ2v) is 4.96. The van der Waals surface area contributed by atoms with Crippen molar-refractivity contribution < 1.29 is 0 Å². The quantitative estimate of drug-likeness (QED) is 0.876. The van der Waals surface area contributed by atoms with Gasteiger partial charge in [-0.2, -0.15) is 0 Å². The molecular formula is C12H11BrClN3. The molecule has 0 saturated heterocycles. The molecular weight excluding hydrogens is 302 g/mol. The number of nitrogens with two attached hydrogens (primary N) is 1. The first-order chi connectivity index (χ1) is 8.06. The van der Waals surface area contributed by atoms with Crippen molar-refractivity contribution in [3.05, 3.63) is 45.5 Å². The third-order valence-corrected chi connectivity index (χ3v) is 3.06. The van der Waals surface area contributed by atoms with Gasteiger partial charge < -0.3 is 11.1 Å². The van der Waals surface area contributed by atoms with Crippen molar-refractivity contribution in [1.29, 1.82) is 0 Å². The van der Waals surface area contributed by atoms with Gasteiger partial charge in [-0.25, -0.2) is 4.98 Å². The molecule has 17 heavy (non-hydrogen) atoms. The van der Waals surface area contributed by atoms with Gasteiger partial charge in [-0.1, -0.05) is 27.5 Å². The number of aromatic nitrogens is 1. The molecule has 3 nitrogen and oxygen atoms in total. The summed E-state index contributed by atoms with van der Waals surface area (Å²) < 4.78 is 0.929. The standard InChI is InChI=1S/C12H11BrClN3/c1-7-2-4-10(15)12(16-7)17-11-5-3-8(13)6-9(11)14/h2-6H,15H2,1H3,(H,16,17). The molecule has 0 atom stereocenters. The Morgan fingerprint density at radius 2 is 2.06 bits per heavy atom. The lowest BCUT2D eigenvalue weighted by Gasteiger charge is -2.10. The smallest absolute Gasteiger partial charge is 0.153 e. The molecule has 3 N–H and O–H groups in total. The molecule has 0 radical (unpaired) electrons. The number of benzene rings is 1. The van der Waals surface area contributed by atoms with Crippen LogP contribution < -0.4 is 11.1 Å². The number of aryl methyl sites for hydroxylation is 1. The molecule has 1 aromatic heterocycles. The van der Waals surface area contributed by atoms with Crippen molar-refractivity contribution in [2.75, 3.05) is 11.1 Å². The van der Waals surface area contributed by atoms with Gasteiger partial charge in [0.1, 0.15) is 0 Å². The van der Waals surface area contributed by atoms with Crippen molar-refractivity contribution in [2.45, 2.75) is 6.92 Å². The lowest BCUT2D eigenvalue weighted by molar-refractivity contribution is 1.20. The number of hydrogen-bond donors (Lipinski definition) is 2. The number of hydrogen-bond acceptors (Lipinski definition) is 3. The van der Waals surface area contributed by atoms with E-state index in [-0.39, 0.29) is 0 Å². The molecule has 2 rings (SSSR count). The Kier molecular flexibility index (Phi) is 3.54. The van der Waals surface area contributed by atoms with Gasteiger partial charge in [0, 0.05) is 10.2 Å². The first-order valence-electron chi connectivity index (χ1n) is 5.01. The summed E-state index contributed by atoms with van der Waals surface area (Å²) in [6.45, 7) is 1.91. The van der Waals surface area contributed by atoms with Gasteiger partial charge in [0.25, 0.3) is 0 Å². The van der Waals surface area contributed by atoms with Gasteiger partial charge in [-0.3, -0.25) is 0 Å². The highest BCUT2D eigenvalue weighted by atomic mass is 79.9. The zero-order valence-electron chi connectivity index (χ0n) is 9.17. The molecule has 0 saturated carbocycles. The van der Waals surface area contributed by atoms with E-state index in [0.29, 0.717) is 16.5 Å². The van der Waals surface area contributed by atoms with E-state index in [4.69, 9.17) is 17.3 Å². The Labute approximate surface area is 113 Å². The van der Waals surface area contributed by atoms with E-state index in [1.807, 2.05) is 37.3 Å². The van der Waals surface area contributed by atoms with E-state index in [9.17, 15) is 0 Å². The fourth-order valence-electron chi connectivity index (χ4n) is 1.39. The molecule has 0 amide bonds. The number of nitrogens with one attached hydrogen (secondary N) is 1. The molecule has 88 valence electrons. The van der Waals surface area contributed by atoms with Crippen molar-refractivity contribution >= 4 is 44.7 Å². The SMILES string of the molecule is Cc1ccc(N)c(Nc2ccc(Br)cc2Cl)n1. The molecule has 1 heterocycles. The molecule has 0 aliphatic carbocycles. The summed E-state index contributed by atoms with van der Waals surface area (Å²) in [5, 5.41) is 3.73. The van der Waals surface area contributed by atoms with Crippen molar-refractivity contribution in [1.82, 2.24) is 4.98 Å². The maximum absolute atomic E-state index is 6.11. The summed E-state index contributed by atoms with van der Waals surface area (Å²) in [6.07, 6.45) is 0. The molecule has 0 fully saturated rings. The van der Waals surface area contributed by atoms with Crippen LogP contribution in [0.2, 0.25) is 5.02 Å². The molecule has 0 spiro atoms. The minimum absolute atomic E-state index is 0.592. The van der Waals surface area contributed by atoms with Crippen LogP contribution >= 0.6 is 27.5 Å². The third-order valence-electron chi connectivity index (χ3n) is 2.25. The number of nitrogens with zero attached hydrogens (tertiary/aromatic N) is 1. The lowest BCUT2D eigenvalue weighted by Crippen LogP contribution is -2.00. The minimum atomic E-state index is 0.592. The van der Waals surface area contributed by atoms with E-state index in [1.165, 1.54) is 0 Å². The first-order valence-corrected chi connectivity index (χ1v) is 6.18. The fraction of sp³-hybridized carbons (Fsp3) is 0.0833. The fourth-order valence-corrected chi connectivity index (χ4v) is 2.11. The van der Waals surface area contributed by atoms with Gasteiger partial charge in [-0.15, -0.1) is 0 Å². The highest BCUT2D eigenvalue weighted by Gasteiger charge is 2.05. The van der Waals surface area contributed by atoms with Crippen LogP contribution in [0.25, 0.3) is 0 Å². The van der Waals surface area contributed by atoms with Gasteiger partial charge in [0.2, 0.25) is 0 Å². The Bertz CT molecular complexity index is 557. The van der Waals surface area contributed by atoms with Gasteiger partial charge in [0.15, 0.2) is 5.82 Å². The minimum Gasteiger partial charge on any atom is -0.396 e. The normalized spacial score (nSPS) is 10.3. The highest BCUT2D eigenvalue weighted by molar-refractivity contribution is 9.10. The molecule has 2 aromatic rings. The van der Waals surface area contributed by atoms with E-state index in [2.05, 4.69) is 26.2 Å². The van der Waals surface area contributed by atoms with E-state index >= 15 is 0 Å². The monoisotopic (exact) mass is 311 g/mol. The highest BCUT2D eigenvalue weighted by Crippen LogP contribution is 2.29. The summed E-state index contributed by atoms with van der Waals surface area (Å²) in [5.74, 6) is 0.620. The Morgan fingerprint density at radius 1 is 1.29 bits per heavy atom. The molecule has 0 aliphatic rings. The van der Waals surface area contributed by atoms with E-state index < -0.39 is 0 Å². The predicted octanol–water partition coefficient (Wildman–Crippen LogP) is 4.13. The van der Waals surface area contributed by atoms with Crippen molar-refractivity contribution in [3.63, 3.8) is 0 Å². The summed E-state index contributed by atoms with van der Waals surface area (Å²) in [6, 6.07) is 9.27. The number of nitrogen functional groups attached to an aromatic ring is 1. The maximum atomic E-state index is 6.11. The topological polar surface area (TPSA) is 50.9 Å². The summed E-state index contributed by atoms with van der Waals surface area (Å²) in [4.78, 5) is 4.33. The predicted molar refractivity (Wildman–Crippen MR) is 75.8 cm³/mol. The summed E-state index contributed by atoms with van der Waals surface area (Å²) in [7, 11) is 0. The average molecular weight is 313 g/mol. The third kappa shape index (κ3) is 2.90. The van der Waals surface area contributed by atoms with Gasteiger partial charge in [-0.05, 0) is 37.3 Å². The van der Waals surface area contributed by atoms with Crippen molar-refractivity contribution in [3.8, 4) is 0 Å². The Balaban J connectivity index is 2.34. The average Bonchev–Trinajstić information content (AvgIpc) is 2.27. The Morgan fingerprint density at radius 3 is 2.76 bits per heavy atom. The van der Waals surface area contributed by atoms with Crippen LogP contribution in [-0.4, -0.2) is 4.98 Å². The van der Waals surface area contributed by atoms with Crippen molar-refractivity contribution in [2.24, 2.45) is 0 Å². The lowest BCUT2D eigenvalue weighted by atomic mass is 10.3. The van der Waals surface area contributed by atoms with Crippen LogP contribution in [0.4, 0.5) is 17.2 Å². The van der Waals surface area contributed by atoms with Crippen LogP contribution in [0.15, 0.2) is 34.8 Å². The molecule has 0 aliphatic heterocycles.